The van der Waals surface area contributed by atoms with Gasteiger partial charge in [-0.25, -0.2) is 9.78 Å². The summed E-state index contributed by atoms with van der Waals surface area (Å²) in [6.45, 7) is 0. The normalized spacial score (nSPS) is 10.0. The fraction of sp³-hybridized carbons (Fsp3) is 0.0769. The second kappa shape index (κ2) is 5.34. The molecule has 2 rings (SSSR count). The zero-order valence-electron chi connectivity index (χ0n) is 10.1. The first-order chi connectivity index (χ1) is 9.11. The Bertz CT molecular complexity index is 599. The van der Waals surface area contributed by atoms with Crippen LogP contribution in [0.1, 0.15) is 0 Å². The summed E-state index contributed by atoms with van der Waals surface area (Å²) in [4.78, 5) is 14.3. The number of para-hydroxylation sites is 1. The monoisotopic (exact) mass is 262 g/mol. The molecule has 0 radical (unpaired) electrons. The molecular formula is C13H11FN2O3. The van der Waals surface area contributed by atoms with E-state index >= 15 is 0 Å². The lowest BCUT2D eigenvalue weighted by Crippen LogP contribution is -2.08. The Balaban J connectivity index is 2.50. The molecule has 0 atom stereocenters. The van der Waals surface area contributed by atoms with Crippen molar-refractivity contribution in [1.29, 1.82) is 0 Å². The number of hydrogen-bond donors (Lipinski definition) is 2. The molecule has 0 saturated heterocycles. The summed E-state index contributed by atoms with van der Waals surface area (Å²) >= 11 is 0. The number of aromatic nitrogens is 1. The van der Waals surface area contributed by atoms with Crippen LogP contribution in [0.3, 0.4) is 0 Å². The number of pyridine rings is 1. The van der Waals surface area contributed by atoms with Gasteiger partial charge in [0.15, 0.2) is 0 Å². The van der Waals surface area contributed by atoms with E-state index in [0.29, 0.717) is 22.6 Å². The van der Waals surface area contributed by atoms with Crippen molar-refractivity contribution in [2.45, 2.75) is 0 Å². The smallest absolute Gasteiger partial charge is 0.409 e. The molecule has 1 aromatic carbocycles. The maximum absolute atomic E-state index is 12.8. The quantitative estimate of drug-likeness (QED) is 0.834. The largest absolute Gasteiger partial charge is 0.494 e. The molecule has 6 heteroatoms. The standard InChI is InChI=1S/C13H11FN2O3/c1-19-12-9(8-5-6-11(14)15-7-8)3-2-4-10(12)16-13(17)18/h2-7,16H,1H3,(H,17,18). The van der Waals surface area contributed by atoms with Gasteiger partial charge in [0.1, 0.15) is 5.75 Å². The number of nitrogens with zero attached hydrogens (tertiary/aromatic N) is 1. The first-order valence-corrected chi connectivity index (χ1v) is 5.40. The summed E-state index contributed by atoms with van der Waals surface area (Å²) in [5.74, 6) is -0.221. The lowest BCUT2D eigenvalue weighted by atomic mass is 10.1. The third-order valence-corrected chi connectivity index (χ3v) is 2.50. The highest BCUT2D eigenvalue weighted by molar-refractivity contribution is 5.89. The number of methoxy groups -OCH3 is 1. The number of carbonyl (C=O) groups is 1. The minimum Gasteiger partial charge on any atom is -0.494 e. The molecule has 5 nitrogen and oxygen atoms in total. The van der Waals surface area contributed by atoms with E-state index in [9.17, 15) is 9.18 Å². The Morgan fingerprint density at radius 2 is 2.16 bits per heavy atom. The first kappa shape index (κ1) is 12.8. The second-order valence-corrected chi connectivity index (χ2v) is 3.69. The Labute approximate surface area is 108 Å². The van der Waals surface area contributed by atoms with Crippen molar-refractivity contribution in [3.8, 4) is 16.9 Å². The molecule has 98 valence electrons. The molecule has 1 amide bonds. The van der Waals surface area contributed by atoms with E-state index in [4.69, 9.17) is 9.84 Å². The van der Waals surface area contributed by atoms with Crippen LogP contribution in [0.25, 0.3) is 11.1 Å². The van der Waals surface area contributed by atoms with Crippen molar-refractivity contribution in [2.75, 3.05) is 12.4 Å². The van der Waals surface area contributed by atoms with Crippen LogP contribution in [0.2, 0.25) is 0 Å². The van der Waals surface area contributed by atoms with Crippen LogP contribution in [0, 0.1) is 5.95 Å². The van der Waals surface area contributed by atoms with Crippen molar-refractivity contribution in [1.82, 2.24) is 4.98 Å². The predicted molar refractivity (Wildman–Crippen MR) is 67.8 cm³/mol. The third kappa shape index (κ3) is 2.79. The van der Waals surface area contributed by atoms with Gasteiger partial charge in [0.2, 0.25) is 5.95 Å². The summed E-state index contributed by atoms with van der Waals surface area (Å²) in [5, 5.41) is 11.0. The van der Waals surface area contributed by atoms with E-state index in [0.717, 1.165) is 0 Å². The van der Waals surface area contributed by atoms with E-state index < -0.39 is 12.0 Å². The van der Waals surface area contributed by atoms with E-state index in [2.05, 4.69) is 10.3 Å². The highest BCUT2D eigenvalue weighted by atomic mass is 19.1. The van der Waals surface area contributed by atoms with Gasteiger partial charge in [-0.05, 0) is 18.2 Å². The van der Waals surface area contributed by atoms with E-state index in [1.54, 1.807) is 24.3 Å². The molecule has 0 aliphatic rings. The summed E-state index contributed by atoms with van der Waals surface area (Å²) in [6.07, 6.45) is 0.172. The van der Waals surface area contributed by atoms with Crippen LogP contribution in [0.15, 0.2) is 36.5 Å². The van der Waals surface area contributed by atoms with Crippen molar-refractivity contribution in [3.63, 3.8) is 0 Å². The fourth-order valence-corrected chi connectivity index (χ4v) is 1.73. The molecule has 0 unspecified atom stereocenters. The summed E-state index contributed by atoms with van der Waals surface area (Å²) < 4.78 is 18.0. The summed E-state index contributed by atoms with van der Waals surface area (Å²) in [5.41, 5.74) is 1.57. The molecule has 1 heterocycles. The van der Waals surface area contributed by atoms with Gasteiger partial charge in [0.05, 0.1) is 12.8 Å². The Morgan fingerprint density at radius 3 is 2.74 bits per heavy atom. The maximum Gasteiger partial charge on any atom is 0.409 e. The third-order valence-electron chi connectivity index (χ3n) is 2.50. The summed E-state index contributed by atoms with van der Waals surface area (Å²) in [7, 11) is 1.43. The lowest BCUT2D eigenvalue weighted by molar-refractivity contribution is 0.209. The molecule has 0 saturated carbocycles. The predicted octanol–water partition coefficient (Wildman–Crippen LogP) is 2.99. The van der Waals surface area contributed by atoms with Gasteiger partial charge in [0, 0.05) is 17.3 Å². The van der Waals surface area contributed by atoms with Crippen LogP contribution < -0.4 is 10.1 Å². The number of nitrogens with one attached hydrogen (secondary N) is 1. The first-order valence-electron chi connectivity index (χ1n) is 5.40. The number of ether oxygens (including phenoxy) is 1. The van der Waals surface area contributed by atoms with Crippen molar-refractivity contribution < 1.29 is 19.0 Å². The van der Waals surface area contributed by atoms with E-state index in [1.165, 1.54) is 19.4 Å². The number of benzene rings is 1. The van der Waals surface area contributed by atoms with Gasteiger partial charge in [0.25, 0.3) is 0 Å². The molecule has 19 heavy (non-hydrogen) atoms. The van der Waals surface area contributed by atoms with Gasteiger partial charge >= 0.3 is 6.09 Å². The highest BCUT2D eigenvalue weighted by Crippen LogP contribution is 2.36. The van der Waals surface area contributed by atoms with Crippen molar-refractivity contribution in [2.24, 2.45) is 0 Å². The number of halogens is 1. The van der Waals surface area contributed by atoms with Crippen molar-refractivity contribution in [3.05, 3.63) is 42.5 Å². The Hall–Kier alpha value is -2.63. The molecule has 2 N–H and O–H groups in total. The van der Waals surface area contributed by atoms with Crippen LogP contribution in [-0.4, -0.2) is 23.3 Å². The minimum absolute atomic E-state index is 0.317. The number of anilines is 1. The molecule has 1 aromatic heterocycles. The van der Waals surface area contributed by atoms with Gasteiger partial charge in [-0.1, -0.05) is 12.1 Å². The Morgan fingerprint density at radius 1 is 1.37 bits per heavy atom. The topological polar surface area (TPSA) is 71.5 Å². The van der Waals surface area contributed by atoms with Gasteiger partial charge in [-0.3, -0.25) is 5.32 Å². The number of rotatable bonds is 3. The number of carboxylic acid groups (broad SMARTS) is 1. The molecule has 0 aliphatic heterocycles. The SMILES string of the molecule is COc1c(NC(=O)O)cccc1-c1ccc(F)nc1. The number of hydrogen-bond acceptors (Lipinski definition) is 3. The highest BCUT2D eigenvalue weighted by Gasteiger charge is 2.12. The second-order valence-electron chi connectivity index (χ2n) is 3.69. The zero-order valence-corrected chi connectivity index (χ0v) is 10.1. The van der Waals surface area contributed by atoms with Crippen molar-refractivity contribution >= 4 is 11.8 Å². The molecule has 0 aliphatic carbocycles. The van der Waals surface area contributed by atoms with Gasteiger partial charge in [-0.15, -0.1) is 0 Å². The van der Waals surface area contributed by atoms with E-state index in [-0.39, 0.29) is 0 Å². The molecule has 2 aromatic rings. The van der Waals surface area contributed by atoms with Gasteiger partial charge in [-0.2, -0.15) is 4.39 Å². The van der Waals surface area contributed by atoms with Crippen LogP contribution >= 0.6 is 0 Å². The average Bonchev–Trinajstić information content (AvgIpc) is 2.38. The average molecular weight is 262 g/mol. The molecule has 0 spiro atoms. The summed E-state index contributed by atoms with van der Waals surface area (Å²) in [6, 6.07) is 7.76. The van der Waals surface area contributed by atoms with E-state index in [1.807, 2.05) is 0 Å². The minimum atomic E-state index is -1.19. The Kier molecular flexibility index (Phi) is 3.61. The van der Waals surface area contributed by atoms with Gasteiger partial charge < -0.3 is 9.84 Å². The lowest BCUT2D eigenvalue weighted by Gasteiger charge is -2.13. The van der Waals surface area contributed by atoms with Crippen LogP contribution in [0.5, 0.6) is 5.75 Å². The maximum atomic E-state index is 12.8. The molecular weight excluding hydrogens is 251 g/mol. The van der Waals surface area contributed by atoms with Crippen LogP contribution in [-0.2, 0) is 0 Å². The molecule has 0 fully saturated rings. The number of amides is 1. The van der Waals surface area contributed by atoms with Crippen LogP contribution in [0.4, 0.5) is 14.9 Å². The zero-order chi connectivity index (χ0) is 13.8. The fourth-order valence-electron chi connectivity index (χ4n) is 1.73. The molecule has 0 bridgehead atoms.